The number of aryl methyl sites for hydroxylation is 1. The third kappa shape index (κ3) is 2.44. The Morgan fingerprint density at radius 2 is 1.95 bits per heavy atom. The Morgan fingerprint density at radius 1 is 1.15 bits per heavy atom. The standard InChI is InChI=1S/C18H20O2/c1-20-16-7-9-18-15(12-16)6-8-17(18)14-4-2-13(3-5-14)10-11-19/h2-5,7,9,12,17,19H,6,8,10-11H2,1H3. The third-order valence-electron chi connectivity index (χ3n) is 4.21. The molecule has 0 aromatic heterocycles. The third-order valence-corrected chi connectivity index (χ3v) is 4.21. The van der Waals surface area contributed by atoms with E-state index in [1.807, 2.05) is 0 Å². The van der Waals surface area contributed by atoms with Crippen molar-refractivity contribution in [2.45, 2.75) is 25.2 Å². The number of methoxy groups -OCH3 is 1. The molecule has 0 heterocycles. The fourth-order valence-corrected chi connectivity index (χ4v) is 3.11. The average Bonchev–Trinajstić information content (AvgIpc) is 2.91. The second-order valence-electron chi connectivity index (χ2n) is 5.37. The van der Waals surface area contributed by atoms with E-state index in [0.29, 0.717) is 5.92 Å². The second kappa shape index (κ2) is 5.68. The Kier molecular flexibility index (Phi) is 3.75. The monoisotopic (exact) mass is 268 g/mol. The molecule has 0 aliphatic heterocycles. The molecule has 1 aliphatic carbocycles. The molecule has 1 aliphatic rings. The minimum atomic E-state index is 0.214. The number of hydrogen-bond donors (Lipinski definition) is 1. The van der Waals surface area contributed by atoms with Crippen molar-refractivity contribution < 1.29 is 9.84 Å². The van der Waals surface area contributed by atoms with Gasteiger partial charge in [0, 0.05) is 12.5 Å². The molecular formula is C18H20O2. The van der Waals surface area contributed by atoms with Gasteiger partial charge in [0.1, 0.15) is 5.75 Å². The summed E-state index contributed by atoms with van der Waals surface area (Å²) in [5.74, 6) is 1.45. The maximum absolute atomic E-state index is 8.97. The highest BCUT2D eigenvalue weighted by Gasteiger charge is 2.24. The van der Waals surface area contributed by atoms with Gasteiger partial charge in [-0.3, -0.25) is 0 Å². The van der Waals surface area contributed by atoms with Gasteiger partial charge in [-0.2, -0.15) is 0 Å². The molecule has 0 bridgehead atoms. The number of ether oxygens (including phenoxy) is 1. The van der Waals surface area contributed by atoms with E-state index < -0.39 is 0 Å². The first-order valence-corrected chi connectivity index (χ1v) is 7.18. The van der Waals surface area contributed by atoms with E-state index in [-0.39, 0.29) is 6.61 Å². The normalized spacial score (nSPS) is 17.0. The topological polar surface area (TPSA) is 29.5 Å². The van der Waals surface area contributed by atoms with Gasteiger partial charge in [-0.05, 0) is 53.6 Å². The van der Waals surface area contributed by atoms with E-state index in [9.17, 15) is 0 Å². The largest absolute Gasteiger partial charge is 0.497 e. The molecule has 1 unspecified atom stereocenters. The smallest absolute Gasteiger partial charge is 0.119 e. The molecule has 1 atom stereocenters. The average molecular weight is 268 g/mol. The van der Waals surface area contributed by atoms with Crippen LogP contribution in [0.25, 0.3) is 0 Å². The zero-order chi connectivity index (χ0) is 13.9. The highest BCUT2D eigenvalue weighted by Crippen LogP contribution is 2.39. The van der Waals surface area contributed by atoms with Crippen molar-refractivity contribution in [2.75, 3.05) is 13.7 Å². The van der Waals surface area contributed by atoms with Gasteiger partial charge in [0.2, 0.25) is 0 Å². The summed E-state index contributed by atoms with van der Waals surface area (Å²) in [6.07, 6.45) is 3.02. The first kappa shape index (κ1) is 13.2. The van der Waals surface area contributed by atoms with Crippen molar-refractivity contribution in [3.05, 3.63) is 64.7 Å². The lowest BCUT2D eigenvalue weighted by Crippen LogP contribution is -1.97. The van der Waals surface area contributed by atoms with Crippen LogP contribution < -0.4 is 4.74 Å². The number of rotatable bonds is 4. The van der Waals surface area contributed by atoms with E-state index >= 15 is 0 Å². The molecule has 2 nitrogen and oxygen atoms in total. The Bertz CT molecular complexity index is 587. The molecular weight excluding hydrogens is 248 g/mol. The molecule has 3 rings (SSSR count). The van der Waals surface area contributed by atoms with Crippen molar-refractivity contribution in [3.8, 4) is 5.75 Å². The van der Waals surface area contributed by atoms with Gasteiger partial charge in [0.25, 0.3) is 0 Å². The van der Waals surface area contributed by atoms with Crippen LogP contribution >= 0.6 is 0 Å². The summed E-state index contributed by atoms with van der Waals surface area (Å²) in [7, 11) is 1.72. The van der Waals surface area contributed by atoms with E-state index in [4.69, 9.17) is 9.84 Å². The van der Waals surface area contributed by atoms with Crippen LogP contribution in [0.2, 0.25) is 0 Å². The minimum Gasteiger partial charge on any atom is -0.497 e. The minimum absolute atomic E-state index is 0.214. The van der Waals surface area contributed by atoms with Gasteiger partial charge in [-0.1, -0.05) is 30.3 Å². The molecule has 2 aromatic carbocycles. The van der Waals surface area contributed by atoms with Crippen LogP contribution in [0.4, 0.5) is 0 Å². The summed E-state index contributed by atoms with van der Waals surface area (Å²) >= 11 is 0. The van der Waals surface area contributed by atoms with Gasteiger partial charge >= 0.3 is 0 Å². The highest BCUT2D eigenvalue weighted by molar-refractivity contribution is 5.46. The summed E-state index contributed by atoms with van der Waals surface area (Å²) in [5.41, 5.74) is 5.41. The summed E-state index contributed by atoms with van der Waals surface area (Å²) in [5, 5.41) is 8.97. The van der Waals surface area contributed by atoms with E-state index in [2.05, 4.69) is 42.5 Å². The summed E-state index contributed by atoms with van der Waals surface area (Å²) in [6, 6.07) is 15.1. The van der Waals surface area contributed by atoms with Crippen molar-refractivity contribution in [1.29, 1.82) is 0 Å². The SMILES string of the molecule is COc1ccc2c(c1)CCC2c1ccc(CCO)cc1. The van der Waals surface area contributed by atoms with E-state index in [1.165, 1.54) is 28.7 Å². The van der Waals surface area contributed by atoms with Crippen molar-refractivity contribution in [2.24, 2.45) is 0 Å². The number of aliphatic hydroxyl groups is 1. The van der Waals surface area contributed by atoms with Crippen molar-refractivity contribution in [1.82, 2.24) is 0 Å². The number of hydrogen-bond acceptors (Lipinski definition) is 2. The lowest BCUT2D eigenvalue weighted by Gasteiger charge is -2.13. The second-order valence-corrected chi connectivity index (χ2v) is 5.37. The van der Waals surface area contributed by atoms with Crippen LogP contribution in [0.3, 0.4) is 0 Å². The molecule has 2 heteroatoms. The van der Waals surface area contributed by atoms with Crippen LogP contribution in [0, 0.1) is 0 Å². The molecule has 20 heavy (non-hydrogen) atoms. The molecule has 0 saturated heterocycles. The Labute approximate surface area is 120 Å². The zero-order valence-corrected chi connectivity index (χ0v) is 11.8. The van der Waals surface area contributed by atoms with Gasteiger partial charge in [-0.25, -0.2) is 0 Å². The van der Waals surface area contributed by atoms with E-state index in [1.54, 1.807) is 7.11 Å². The molecule has 0 spiro atoms. The number of benzene rings is 2. The Morgan fingerprint density at radius 3 is 2.65 bits per heavy atom. The molecule has 0 fully saturated rings. The maximum Gasteiger partial charge on any atom is 0.119 e. The molecule has 2 aromatic rings. The maximum atomic E-state index is 8.97. The van der Waals surface area contributed by atoms with Gasteiger partial charge in [0.05, 0.1) is 7.11 Å². The van der Waals surface area contributed by atoms with Gasteiger partial charge in [-0.15, -0.1) is 0 Å². The predicted octanol–water partition coefficient (Wildman–Crippen LogP) is 3.31. The fraction of sp³-hybridized carbons (Fsp3) is 0.333. The van der Waals surface area contributed by atoms with Gasteiger partial charge in [0.15, 0.2) is 0 Å². The first-order chi connectivity index (χ1) is 9.81. The summed E-state index contributed by atoms with van der Waals surface area (Å²) in [6.45, 7) is 0.214. The lowest BCUT2D eigenvalue weighted by atomic mass is 9.92. The molecule has 104 valence electrons. The molecule has 1 N–H and O–H groups in total. The number of fused-ring (bicyclic) bond motifs is 1. The van der Waals surface area contributed by atoms with Crippen molar-refractivity contribution in [3.63, 3.8) is 0 Å². The fourth-order valence-electron chi connectivity index (χ4n) is 3.11. The predicted molar refractivity (Wildman–Crippen MR) is 80.4 cm³/mol. The Balaban J connectivity index is 1.86. The quantitative estimate of drug-likeness (QED) is 0.922. The van der Waals surface area contributed by atoms with Crippen LogP contribution in [0.1, 0.15) is 34.6 Å². The molecule has 0 saturated carbocycles. The van der Waals surface area contributed by atoms with Crippen LogP contribution in [0.15, 0.2) is 42.5 Å². The van der Waals surface area contributed by atoms with Gasteiger partial charge < -0.3 is 9.84 Å². The summed E-state index contributed by atoms with van der Waals surface area (Å²) < 4.78 is 5.30. The molecule has 0 amide bonds. The number of aliphatic hydroxyl groups excluding tert-OH is 1. The highest BCUT2D eigenvalue weighted by atomic mass is 16.5. The van der Waals surface area contributed by atoms with Crippen LogP contribution in [0.5, 0.6) is 5.75 Å². The summed E-state index contributed by atoms with van der Waals surface area (Å²) in [4.78, 5) is 0. The van der Waals surface area contributed by atoms with Crippen LogP contribution in [-0.2, 0) is 12.8 Å². The lowest BCUT2D eigenvalue weighted by molar-refractivity contribution is 0.299. The van der Waals surface area contributed by atoms with Crippen molar-refractivity contribution >= 4 is 0 Å². The molecule has 0 radical (unpaired) electrons. The Hall–Kier alpha value is -1.80. The first-order valence-electron chi connectivity index (χ1n) is 7.18. The zero-order valence-electron chi connectivity index (χ0n) is 11.8. The van der Waals surface area contributed by atoms with E-state index in [0.717, 1.165) is 18.6 Å². The van der Waals surface area contributed by atoms with Crippen LogP contribution in [-0.4, -0.2) is 18.8 Å².